The number of rotatable bonds is 2. The molecule has 1 heterocycles. The van der Waals surface area contributed by atoms with Crippen molar-refractivity contribution < 1.29 is 4.79 Å². The van der Waals surface area contributed by atoms with E-state index in [1.165, 1.54) is 11.1 Å². The highest BCUT2D eigenvalue weighted by atomic mass is 16.1. The van der Waals surface area contributed by atoms with Crippen LogP contribution in [0.15, 0.2) is 18.2 Å². The molecule has 0 saturated heterocycles. The summed E-state index contributed by atoms with van der Waals surface area (Å²) in [4.78, 5) is 16.5. The highest BCUT2D eigenvalue weighted by molar-refractivity contribution is 6.06. The van der Waals surface area contributed by atoms with E-state index in [1.54, 1.807) is 6.92 Å². The van der Waals surface area contributed by atoms with Gasteiger partial charge in [-0.05, 0) is 56.0 Å². The summed E-state index contributed by atoms with van der Waals surface area (Å²) in [5.74, 6) is 0.432. The van der Waals surface area contributed by atoms with Crippen molar-refractivity contribution in [2.24, 2.45) is 0 Å². The zero-order chi connectivity index (χ0) is 13.4. The first-order valence-corrected chi connectivity index (χ1v) is 6.33. The molecule has 2 rings (SSSR count). The third-order valence-electron chi connectivity index (χ3n) is 3.41. The molecule has 2 heteroatoms. The molecule has 0 N–H and O–H groups in total. The van der Waals surface area contributed by atoms with Crippen LogP contribution >= 0.6 is 0 Å². The second-order valence-electron chi connectivity index (χ2n) is 5.26. The molecule has 0 aliphatic rings. The number of aromatic nitrogens is 1. The van der Waals surface area contributed by atoms with Gasteiger partial charge in [0, 0.05) is 16.6 Å². The van der Waals surface area contributed by atoms with Crippen LogP contribution in [0.1, 0.15) is 53.9 Å². The third kappa shape index (κ3) is 2.15. The minimum absolute atomic E-state index is 0.104. The Kier molecular flexibility index (Phi) is 3.20. The molecule has 1 aromatic heterocycles. The smallest absolute Gasteiger partial charge is 0.160 e. The molecule has 1 aromatic carbocycles. The molecule has 0 atom stereocenters. The van der Waals surface area contributed by atoms with Gasteiger partial charge in [-0.15, -0.1) is 0 Å². The molecule has 0 aliphatic heterocycles. The molecule has 0 fully saturated rings. The van der Waals surface area contributed by atoms with Crippen LogP contribution in [-0.4, -0.2) is 10.8 Å². The maximum atomic E-state index is 11.8. The maximum Gasteiger partial charge on any atom is 0.160 e. The number of benzene rings is 1. The first-order valence-electron chi connectivity index (χ1n) is 6.33. The third-order valence-corrected chi connectivity index (χ3v) is 3.41. The van der Waals surface area contributed by atoms with Crippen molar-refractivity contribution in [3.8, 4) is 0 Å². The van der Waals surface area contributed by atoms with Gasteiger partial charge in [0.05, 0.1) is 5.52 Å². The van der Waals surface area contributed by atoms with Crippen LogP contribution in [0.4, 0.5) is 0 Å². The second kappa shape index (κ2) is 4.52. The van der Waals surface area contributed by atoms with Gasteiger partial charge in [-0.3, -0.25) is 9.78 Å². The van der Waals surface area contributed by atoms with E-state index >= 15 is 0 Å². The standard InChI is InChI=1S/C16H19NO/c1-9(2)15-8-13(12(5)18)14-6-10(3)11(4)7-16(14)17-15/h6-9H,1-5H3. The Labute approximate surface area is 108 Å². The number of hydrogen-bond donors (Lipinski definition) is 0. The van der Waals surface area contributed by atoms with Gasteiger partial charge in [-0.1, -0.05) is 13.8 Å². The van der Waals surface area contributed by atoms with Gasteiger partial charge in [0.15, 0.2) is 5.78 Å². The van der Waals surface area contributed by atoms with Crippen molar-refractivity contribution in [2.45, 2.75) is 40.5 Å². The van der Waals surface area contributed by atoms with Crippen LogP contribution in [0, 0.1) is 13.8 Å². The fourth-order valence-corrected chi connectivity index (χ4v) is 2.09. The first-order chi connectivity index (χ1) is 8.40. The minimum atomic E-state index is 0.104. The Morgan fingerprint density at radius 3 is 2.28 bits per heavy atom. The number of nitrogens with zero attached hydrogens (tertiary/aromatic N) is 1. The van der Waals surface area contributed by atoms with E-state index in [9.17, 15) is 4.79 Å². The summed E-state index contributed by atoms with van der Waals surface area (Å²) in [5.41, 5.74) is 5.10. The number of carbonyl (C=O) groups is 1. The van der Waals surface area contributed by atoms with E-state index in [-0.39, 0.29) is 5.78 Å². The molecule has 2 aromatic rings. The fourth-order valence-electron chi connectivity index (χ4n) is 2.09. The summed E-state index contributed by atoms with van der Waals surface area (Å²) in [6.45, 7) is 9.95. The van der Waals surface area contributed by atoms with Crippen LogP contribution < -0.4 is 0 Å². The van der Waals surface area contributed by atoms with Gasteiger partial charge in [-0.2, -0.15) is 0 Å². The number of Topliss-reactive ketones (excluding diaryl/α,β-unsaturated/α-hetero) is 1. The summed E-state index contributed by atoms with van der Waals surface area (Å²) in [5, 5.41) is 0.968. The minimum Gasteiger partial charge on any atom is -0.294 e. The van der Waals surface area contributed by atoms with Gasteiger partial charge in [0.1, 0.15) is 0 Å². The second-order valence-corrected chi connectivity index (χ2v) is 5.26. The summed E-state index contributed by atoms with van der Waals surface area (Å²) in [6.07, 6.45) is 0. The average Bonchev–Trinajstić information content (AvgIpc) is 2.29. The maximum absolute atomic E-state index is 11.8. The Morgan fingerprint density at radius 2 is 1.72 bits per heavy atom. The highest BCUT2D eigenvalue weighted by Crippen LogP contribution is 2.25. The van der Waals surface area contributed by atoms with Crippen molar-refractivity contribution >= 4 is 16.7 Å². The van der Waals surface area contributed by atoms with E-state index in [0.717, 1.165) is 22.2 Å². The van der Waals surface area contributed by atoms with Crippen LogP contribution in [0.2, 0.25) is 0 Å². The van der Waals surface area contributed by atoms with E-state index in [0.29, 0.717) is 5.92 Å². The summed E-state index contributed by atoms with van der Waals surface area (Å²) >= 11 is 0. The molecule has 0 bridgehead atoms. The van der Waals surface area contributed by atoms with Gasteiger partial charge in [-0.25, -0.2) is 0 Å². The zero-order valence-corrected chi connectivity index (χ0v) is 11.7. The molecule has 0 radical (unpaired) electrons. The van der Waals surface area contributed by atoms with Crippen molar-refractivity contribution in [1.82, 2.24) is 4.98 Å². The van der Waals surface area contributed by atoms with Crippen LogP contribution in [-0.2, 0) is 0 Å². The Morgan fingerprint density at radius 1 is 1.11 bits per heavy atom. The molecule has 0 aliphatic carbocycles. The average molecular weight is 241 g/mol. The number of hydrogen-bond acceptors (Lipinski definition) is 2. The SMILES string of the molecule is CC(=O)c1cc(C(C)C)nc2cc(C)c(C)cc12. The molecule has 0 spiro atoms. The van der Waals surface area contributed by atoms with E-state index in [2.05, 4.69) is 44.8 Å². The topological polar surface area (TPSA) is 30.0 Å². The van der Waals surface area contributed by atoms with Crippen LogP contribution in [0.25, 0.3) is 10.9 Å². The zero-order valence-electron chi connectivity index (χ0n) is 11.7. The number of ketones is 1. The monoisotopic (exact) mass is 241 g/mol. The van der Waals surface area contributed by atoms with Gasteiger partial charge in [0.25, 0.3) is 0 Å². The predicted molar refractivity (Wildman–Crippen MR) is 75.3 cm³/mol. The molecule has 18 heavy (non-hydrogen) atoms. The largest absolute Gasteiger partial charge is 0.294 e. The molecule has 0 amide bonds. The van der Waals surface area contributed by atoms with Crippen LogP contribution in [0.5, 0.6) is 0 Å². The molecular formula is C16H19NO. The number of carbonyl (C=O) groups excluding carboxylic acids is 1. The molecule has 0 saturated carbocycles. The lowest BCUT2D eigenvalue weighted by molar-refractivity contribution is 0.101. The normalized spacial score (nSPS) is 11.2. The predicted octanol–water partition coefficient (Wildman–Crippen LogP) is 4.18. The quantitative estimate of drug-likeness (QED) is 0.738. The fraction of sp³-hybridized carbons (Fsp3) is 0.375. The molecular weight excluding hydrogens is 222 g/mol. The van der Waals surface area contributed by atoms with Crippen molar-refractivity contribution in [3.63, 3.8) is 0 Å². The van der Waals surface area contributed by atoms with Gasteiger partial charge < -0.3 is 0 Å². The highest BCUT2D eigenvalue weighted by Gasteiger charge is 2.12. The van der Waals surface area contributed by atoms with Gasteiger partial charge >= 0.3 is 0 Å². The van der Waals surface area contributed by atoms with E-state index in [4.69, 9.17) is 0 Å². The summed E-state index contributed by atoms with van der Waals surface area (Å²) < 4.78 is 0. The van der Waals surface area contributed by atoms with Crippen molar-refractivity contribution in [3.05, 3.63) is 40.6 Å². The number of fused-ring (bicyclic) bond motifs is 1. The molecule has 2 nitrogen and oxygen atoms in total. The summed E-state index contributed by atoms with van der Waals surface area (Å²) in [6, 6.07) is 6.07. The Balaban J connectivity index is 2.85. The summed E-state index contributed by atoms with van der Waals surface area (Å²) in [7, 11) is 0. The van der Waals surface area contributed by atoms with Gasteiger partial charge in [0.2, 0.25) is 0 Å². The van der Waals surface area contributed by atoms with E-state index in [1.807, 2.05) is 6.07 Å². The molecule has 0 unspecified atom stereocenters. The molecule has 94 valence electrons. The lowest BCUT2D eigenvalue weighted by Gasteiger charge is -2.11. The first kappa shape index (κ1) is 12.7. The number of pyridine rings is 1. The Bertz CT molecular complexity index is 627. The van der Waals surface area contributed by atoms with Crippen LogP contribution in [0.3, 0.4) is 0 Å². The van der Waals surface area contributed by atoms with Crippen molar-refractivity contribution in [1.29, 1.82) is 0 Å². The van der Waals surface area contributed by atoms with E-state index < -0.39 is 0 Å². The van der Waals surface area contributed by atoms with Crippen molar-refractivity contribution in [2.75, 3.05) is 0 Å². The lowest BCUT2D eigenvalue weighted by Crippen LogP contribution is -2.02. The lowest BCUT2D eigenvalue weighted by atomic mass is 9.97. The Hall–Kier alpha value is -1.70. The number of aryl methyl sites for hydroxylation is 2.